The Morgan fingerprint density at radius 3 is 2.30 bits per heavy atom. The van der Waals surface area contributed by atoms with E-state index in [1.165, 1.54) is 0 Å². The third kappa shape index (κ3) is 4.58. The van der Waals surface area contributed by atoms with E-state index in [1.807, 2.05) is 26.0 Å². The third-order valence-electron chi connectivity index (χ3n) is 2.95. The zero-order chi connectivity index (χ0) is 14.4. The van der Waals surface area contributed by atoms with Gasteiger partial charge in [-0.05, 0) is 44.2 Å². The van der Waals surface area contributed by atoms with Crippen LogP contribution in [0.4, 0.5) is 0 Å². The van der Waals surface area contributed by atoms with Gasteiger partial charge in [-0.3, -0.25) is 4.79 Å². The quantitative estimate of drug-likeness (QED) is 0.842. The van der Waals surface area contributed by atoms with E-state index in [0.717, 1.165) is 11.1 Å². The number of aryl methyl sites for hydroxylation is 1. The van der Waals surface area contributed by atoms with Crippen molar-refractivity contribution in [3.05, 3.63) is 23.3 Å². The minimum atomic E-state index is -0.0827. The van der Waals surface area contributed by atoms with Gasteiger partial charge in [-0.1, -0.05) is 0 Å². The number of carbonyl (C=O) groups is 1. The highest BCUT2D eigenvalue weighted by atomic mass is 35.5. The van der Waals surface area contributed by atoms with Crippen molar-refractivity contribution in [2.45, 2.75) is 19.9 Å². The molecule has 0 saturated carbocycles. The molecular formula is C14H23ClN2O3. The minimum absolute atomic E-state index is 0. The minimum Gasteiger partial charge on any atom is -0.493 e. The summed E-state index contributed by atoms with van der Waals surface area (Å²) >= 11 is 0. The lowest BCUT2D eigenvalue weighted by atomic mass is 10.0. The second kappa shape index (κ2) is 8.66. The molecule has 2 N–H and O–H groups in total. The summed E-state index contributed by atoms with van der Waals surface area (Å²) in [5.41, 5.74) is 2.07. The van der Waals surface area contributed by atoms with Crippen molar-refractivity contribution < 1.29 is 14.3 Å². The summed E-state index contributed by atoms with van der Waals surface area (Å²) in [6.45, 7) is 4.23. The first kappa shape index (κ1) is 18.5. The van der Waals surface area contributed by atoms with E-state index in [9.17, 15) is 4.79 Å². The molecule has 0 saturated heterocycles. The predicted molar refractivity (Wildman–Crippen MR) is 82.0 cm³/mol. The first-order valence-electron chi connectivity index (χ1n) is 6.20. The lowest BCUT2D eigenvalue weighted by molar-refractivity contribution is -0.120. The van der Waals surface area contributed by atoms with E-state index in [1.54, 1.807) is 21.3 Å². The van der Waals surface area contributed by atoms with Crippen LogP contribution in [-0.2, 0) is 4.79 Å². The van der Waals surface area contributed by atoms with Crippen LogP contribution in [0.2, 0.25) is 0 Å². The van der Waals surface area contributed by atoms with Gasteiger partial charge in [0.05, 0.1) is 26.8 Å². The molecule has 1 aromatic carbocycles. The molecule has 0 spiro atoms. The first-order chi connectivity index (χ1) is 9.03. The van der Waals surface area contributed by atoms with Crippen LogP contribution in [-0.4, -0.2) is 33.7 Å². The van der Waals surface area contributed by atoms with Crippen molar-refractivity contribution in [3.8, 4) is 11.5 Å². The Kier molecular flexibility index (Phi) is 8.03. The number of ether oxygens (including phenoxy) is 2. The second-order valence-corrected chi connectivity index (χ2v) is 4.38. The molecule has 1 aromatic rings. The number of hydrogen-bond donors (Lipinski definition) is 2. The fourth-order valence-electron chi connectivity index (χ4n) is 1.99. The molecule has 1 rings (SSSR count). The molecule has 0 aliphatic heterocycles. The van der Waals surface area contributed by atoms with Gasteiger partial charge in [0, 0.05) is 0 Å². The van der Waals surface area contributed by atoms with Gasteiger partial charge in [-0.2, -0.15) is 0 Å². The van der Waals surface area contributed by atoms with Crippen molar-refractivity contribution >= 4 is 18.3 Å². The topological polar surface area (TPSA) is 59.6 Å². The Morgan fingerprint density at radius 1 is 1.25 bits per heavy atom. The smallest absolute Gasteiger partial charge is 0.234 e. The molecule has 0 aliphatic rings. The van der Waals surface area contributed by atoms with Gasteiger partial charge < -0.3 is 20.1 Å². The highest BCUT2D eigenvalue weighted by molar-refractivity contribution is 5.85. The summed E-state index contributed by atoms with van der Waals surface area (Å²) in [7, 11) is 4.95. The van der Waals surface area contributed by atoms with Crippen LogP contribution in [0.15, 0.2) is 12.1 Å². The molecule has 1 unspecified atom stereocenters. The lowest BCUT2D eigenvalue weighted by Gasteiger charge is -2.19. The summed E-state index contributed by atoms with van der Waals surface area (Å²) in [5, 5.41) is 5.75. The Labute approximate surface area is 126 Å². The van der Waals surface area contributed by atoms with E-state index >= 15 is 0 Å². The monoisotopic (exact) mass is 302 g/mol. The average molecular weight is 303 g/mol. The molecule has 114 valence electrons. The molecular weight excluding hydrogens is 280 g/mol. The van der Waals surface area contributed by atoms with Crippen molar-refractivity contribution in [2.75, 3.05) is 27.8 Å². The zero-order valence-corrected chi connectivity index (χ0v) is 13.4. The molecule has 1 amide bonds. The van der Waals surface area contributed by atoms with Gasteiger partial charge >= 0.3 is 0 Å². The number of hydrogen-bond acceptors (Lipinski definition) is 4. The summed E-state index contributed by atoms with van der Waals surface area (Å²) < 4.78 is 10.5. The van der Waals surface area contributed by atoms with Crippen molar-refractivity contribution in [3.63, 3.8) is 0 Å². The van der Waals surface area contributed by atoms with E-state index in [-0.39, 0.29) is 24.4 Å². The van der Waals surface area contributed by atoms with E-state index in [0.29, 0.717) is 18.0 Å². The largest absolute Gasteiger partial charge is 0.493 e. The standard InChI is InChI=1S/C14H22N2O3.ClH/c1-9-6-12(18-4)13(19-5)7-11(9)10(2)16-14(17)8-15-3;/h6-7,10,15H,8H2,1-5H3,(H,16,17);1H. The third-order valence-corrected chi connectivity index (χ3v) is 2.95. The average Bonchev–Trinajstić information content (AvgIpc) is 2.38. The van der Waals surface area contributed by atoms with Gasteiger partial charge in [-0.15, -0.1) is 12.4 Å². The fraction of sp³-hybridized carbons (Fsp3) is 0.500. The van der Waals surface area contributed by atoms with Gasteiger partial charge in [-0.25, -0.2) is 0 Å². The highest BCUT2D eigenvalue weighted by Crippen LogP contribution is 2.32. The van der Waals surface area contributed by atoms with Crippen molar-refractivity contribution in [2.24, 2.45) is 0 Å². The number of likely N-dealkylation sites (N-methyl/N-ethyl adjacent to an activating group) is 1. The molecule has 6 heteroatoms. The molecule has 1 atom stereocenters. The summed E-state index contributed by atoms with van der Waals surface area (Å²) in [6.07, 6.45) is 0. The van der Waals surface area contributed by atoms with Gasteiger partial charge in [0.1, 0.15) is 0 Å². The summed E-state index contributed by atoms with van der Waals surface area (Å²) in [4.78, 5) is 11.6. The fourth-order valence-corrected chi connectivity index (χ4v) is 1.99. The number of methoxy groups -OCH3 is 2. The number of carbonyl (C=O) groups excluding carboxylic acids is 1. The molecule has 0 bridgehead atoms. The van der Waals surface area contributed by atoms with Crippen LogP contribution in [0.25, 0.3) is 0 Å². The summed E-state index contributed by atoms with van der Waals surface area (Å²) in [5.74, 6) is 1.32. The Balaban J connectivity index is 0.00000361. The van der Waals surface area contributed by atoms with Crippen molar-refractivity contribution in [1.29, 1.82) is 0 Å². The van der Waals surface area contributed by atoms with Crippen LogP contribution < -0.4 is 20.1 Å². The SMILES string of the molecule is CNCC(=O)NC(C)c1cc(OC)c(OC)cc1C.Cl. The number of rotatable bonds is 6. The maximum absolute atomic E-state index is 11.6. The van der Waals surface area contributed by atoms with E-state index in [2.05, 4.69) is 10.6 Å². The van der Waals surface area contributed by atoms with E-state index < -0.39 is 0 Å². The molecule has 0 fully saturated rings. The number of amides is 1. The molecule has 0 heterocycles. The van der Waals surface area contributed by atoms with E-state index in [4.69, 9.17) is 9.47 Å². The van der Waals surface area contributed by atoms with Gasteiger partial charge in [0.2, 0.25) is 5.91 Å². The van der Waals surface area contributed by atoms with Crippen molar-refractivity contribution in [1.82, 2.24) is 10.6 Å². The predicted octanol–water partition coefficient (Wildman–Crippen LogP) is 1.83. The summed E-state index contributed by atoms with van der Waals surface area (Å²) in [6, 6.07) is 3.73. The maximum Gasteiger partial charge on any atom is 0.234 e. The van der Waals surface area contributed by atoms with Gasteiger partial charge in [0.15, 0.2) is 11.5 Å². The molecule has 0 aromatic heterocycles. The normalized spacial score (nSPS) is 11.2. The Hall–Kier alpha value is -1.46. The molecule has 0 aliphatic carbocycles. The molecule has 20 heavy (non-hydrogen) atoms. The highest BCUT2D eigenvalue weighted by Gasteiger charge is 2.15. The maximum atomic E-state index is 11.6. The van der Waals surface area contributed by atoms with Crippen LogP contribution >= 0.6 is 12.4 Å². The second-order valence-electron chi connectivity index (χ2n) is 4.38. The number of halogens is 1. The van der Waals surface area contributed by atoms with Crippen LogP contribution in [0.1, 0.15) is 24.1 Å². The Bertz CT molecular complexity index is 452. The zero-order valence-electron chi connectivity index (χ0n) is 12.6. The Morgan fingerprint density at radius 2 is 1.80 bits per heavy atom. The molecule has 5 nitrogen and oxygen atoms in total. The number of benzene rings is 1. The van der Waals surface area contributed by atoms with Gasteiger partial charge in [0.25, 0.3) is 0 Å². The molecule has 0 radical (unpaired) electrons. The first-order valence-corrected chi connectivity index (χ1v) is 6.20. The van der Waals surface area contributed by atoms with Crippen LogP contribution in [0.3, 0.4) is 0 Å². The van der Waals surface area contributed by atoms with Crippen LogP contribution in [0, 0.1) is 6.92 Å². The number of nitrogens with one attached hydrogen (secondary N) is 2. The van der Waals surface area contributed by atoms with Crippen LogP contribution in [0.5, 0.6) is 11.5 Å². The lowest BCUT2D eigenvalue weighted by Crippen LogP contribution is -2.34.